The number of hydrogen-bond donors (Lipinski definition) is 1. The van der Waals surface area contributed by atoms with E-state index in [9.17, 15) is 0 Å². The van der Waals surface area contributed by atoms with Gasteiger partial charge in [0, 0.05) is 6.04 Å². The predicted octanol–water partition coefficient (Wildman–Crippen LogP) is 5.71. The van der Waals surface area contributed by atoms with Crippen molar-refractivity contribution in [2.45, 2.75) is 81.7 Å². The van der Waals surface area contributed by atoms with Gasteiger partial charge < -0.3 is 5.73 Å². The standard InChI is InChI=1S/C10H19N.3C2H6/c1-5-7-9(8(3)4)10(11)6-2;3*1-2/h5,7,10H,6,11H2,1-4H3;3*1-2H3/b7-5-;;;. The summed E-state index contributed by atoms with van der Waals surface area (Å²) in [5.41, 5.74) is 8.49. The molecule has 1 unspecified atom stereocenters. The van der Waals surface area contributed by atoms with Gasteiger partial charge in [0.2, 0.25) is 0 Å². The first-order valence-corrected chi connectivity index (χ1v) is 7.19. The maximum atomic E-state index is 5.90. The molecule has 2 N–H and O–H groups in total. The van der Waals surface area contributed by atoms with Crippen molar-refractivity contribution in [3.63, 3.8) is 0 Å². The van der Waals surface area contributed by atoms with Crippen LogP contribution in [-0.4, -0.2) is 6.04 Å². The number of rotatable bonds is 3. The fourth-order valence-electron chi connectivity index (χ4n) is 1.06. The third-order valence-corrected chi connectivity index (χ3v) is 1.76. The minimum Gasteiger partial charge on any atom is -0.324 e. The van der Waals surface area contributed by atoms with Gasteiger partial charge in [-0.05, 0) is 32.8 Å². The molecule has 1 heteroatoms. The second-order valence-corrected chi connectivity index (χ2v) is 2.97. The fraction of sp³-hybridized carbons (Fsp3) is 0.750. The molecule has 0 spiro atoms. The minimum atomic E-state index is 0.205. The lowest BCUT2D eigenvalue weighted by Crippen LogP contribution is -2.21. The zero-order valence-electron chi connectivity index (χ0n) is 14.0. The summed E-state index contributed by atoms with van der Waals surface area (Å²) in [7, 11) is 0. The Kier molecular flexibility index (Phi) is 36.6. The molecule has 0 aliphatic carbocycles. The highest BCUT2D eigenvalue weighted by Gasteiger charge is 2.03. The minimum absolute atomic E-state index is 0.205. The van der Waals surface area contributed by atoms with Crippen molar-refractivity contribution < 1.29 is 0 Å². The Hall–Kier alpha value is -0.560. The number of hydrogen-bond acceptors (Lipinski definition) is 1. The largest absolute Gasteiger partial charge is 0.324 e. The SMILES string of the molecule is C/C=C\C(=C(C)C)C(N)CC.CC.CC.CC. The molecule has 0 radical (unpaired) electrons. The Bertz CT molecular complexity index is 162. The van der Waals surface area contributed by atoms with E-state index in [0.29, 0.717) is 0 Å². The molecule has 0 aromatic heterocycles. The van der Waals surface area contributed by atoms with Crippen molar-refractivity contribution in [3.8, 4) is 0 Å². The molecule has 0 aromatic rings. The first-order chi connectivity index (χ1) is 8.13. The average molecular weight is 243 g/mol. The molecule has 0 heterocycles. The molecule has 106 valence electrons. The van der Waals surface area contributed by atoms with Crippen LogP contribution in [0, 0.1) is 0 Å². The molecule has 0 bridgehead atoms. The van der Waals surface area contributed by atoms with Crippen LogP contribution in [0.1, 0.15) is 75.7 Å². The molecule has 0 rings (SSSR count). The van der Waals surface area contributed by atoms with Crippen LogP contribution in [0.2, 0.25) is 0 Å². The van der Waals surface area contributed by atoms with Crippen molar-refractivity contribution in [2.75, 3.05) is 0 Å². The van der Waals surface area contributed by atoms with Crippen LogP contribution in [0.3, 0.4) is 0 Å². The van der Waals surface area contributed by atoms with Gasteiger partial charge in [-0.2, -0.15) is 0 Å². The second-order valence-electron chi connectivity index (χ2n) is 2.97. The molecule has 17 heavy (non-hydrogen) atoms. The first kappa shape index (κ1) is 25.3. The Morgan fingerprint density at radius 2 is 1.35 bits per heavy atom. The van der Waals surface area contributed by atoms with Gasteiger partial charge in [-0.15, -0.1) is 0 Å². The molecule has 0 aliphatic rings. The summed E-state index contributed by atoms with van der Waals surface area (Å²) in [6.45, 7) is 20.3. The van der Waals surface area contributed by atoms with E-state index in [2.05, 4.69) is 26.8 Å². The summed E-state index contributed by atoms with van der Waals surface area (Å²) in [4.78, 5) is 0. The topological polar surface area (TPSA) is 26.0 Å². The summed E-state index contributed by atoms with van der Waals surface area (Å²) in [6.07, 6.45) is 5.15. The Morgan fingerprint density at radius 3 is 1.53 bits per heavy atom. The highest BCUT2D eigenvalue weighted by molar-refractivity contribution is 5.27. The Morgan fingerprint density at radius 1 is 1.00 bits per heavy atom. The highest BCUT2D eigenvalue weighted by Crippen LogP contribution is 2.10. The van der Waals surface area contributed by atoms with Gasteiger partial charge in [0.05, 0.1) is 0 Å². The van der Waals surface area contributed by atoms with E-state index in [0.717, 1.165) is 6.42 Å². The molecule has 1 atom stereocenters. The maximum absolute atomic E-state index is 5.90. The van der Waals surface area contributed by atoms with Gasteiger partial charge in [-0.1, -0.05) is 66.2 Å². The van der Waals surface area contributed by atoms with E-state index in [1.165, 1.54) is 11.1 Å². The smallest absolute Gasteiger partial charge is 0.0291 e. The van der Waals surface area contributed by atoms with E-state index in [1.54, 1.807) is 0 Å². The van der Waals surface area contributed by atoms with Gasteiger partial charge in [-0.3, -0.25) is 0 Å². The summed E-state index contributed by atoms with van der Waals surface area (Å²) < 4.78 is 0. The van der Waals surface area contributed by atoms with Crippen molar-refractivity contribution in [3.05, 3.63) is 23.3 Å². The average Bonchev–Trinajstić information content (AvgIpc) is 2.41. The monoisotopic (exact) mass is 243 g/mol. The van der Waals surface area contributed by atoms with Crippen LogP contribution >= 0.6 is 0 Å². The van der Waals surface area contributed by atoms with Crippen LogP contribution < -0.4 is 5.73 Å². The summed E-state index contributed by atoms with van der Waals surface area (Å²) in [5.74, 6) is 0. The van der Waals surface area contributed by atoms with Crippen LogP contribution in [0.15, 0.2) is 23.3 Å². The molecule has 0 fully saturated rings. The zero-order valence-corrected chi connectivity index (χ0v) is 14.0. The molecular formula is C16H37N. The van der Waals surface area contributed by atoms with E-state index in [4.69, 9.17) is 5.73 Å². The van der Waals surface area contributed by atoms with Crippen molar-refractivity contribution in [1.29, 1.82) is 0 Å². The molecular weight excluding hydrogens is 206 g/mol. The molecule has 0 saturated heterocycles. The van der Waals surface area contributed by atoms with Gasteiger partial charge in [0.25, 0.3) is 0 Å². The van der Waals surface area contributed by atoms with E-state index >= 15 is 0 Å². The van der Waals surface area contributed by atoms with Gasteiger partial charge >= 0.3 is 0 Å². The maximum Gasteiger partial charge on any atom is 0.0291 e. The van der Waals surface area contributed by atoms with Gasteiger partial charge in [-0.25, -0.2) is 0 Å². The lowest BCUT2D eigenvalue weighted by molar-refractivity contribution is 0.747. The third kappa shape index (κ3) is 18.0. The van der Waals surface area contributed by atoms with Crippen LogP contribution in [0.5, 0.6) is 0 Å². The lowest BCUT2D eigenvalue weighted by Gasteiger charge is -2.11. The van der Waals surface area contributed by atoms with E-state index in [-0.39, 0.29) is 6.04 Å². The van der Waals surface area contributed by atoms with E-state index < -0.39 is 0 Å². The molecule has 0 aliphatic heterocycles. The highest BCUT2D eigenvalue weighted by atomic mass is 14.6. The van der Waals surface area contributed by atoms with Crippen molar-refractivity contribution in [2.24, 2.45) is 5.73 Å². The summed E-state index contributed by atoms with van der Waals surface area (Å²) in [5, 5.41) is 0. The predicted molar refractivity (Wildman–Crippen MR) is 85.5 cm³/mol. The van der Waals surface area contributed by atoms with Crippen molar-refractivity contribution >= 4 is 0 Å². The first-order valence-electron chi connectivity index (χ1n) is 7.19. The van der Waals surface area contributed by atoms with Crippen LogP contribution in [0.25, 0.3) is 0 Å². The number of nitrogens with two attached hydrogens (primary N) is 1. The van der Waals surface area contributed by atoms with Crippen LogP contribution in [0.4, 0.5) is 0 Å². The van der Waals surface area contributed by atoms with Gasteiger partial charge in [0.1, 0.15) is 0 Å². The quantitative estimate of drug-likeness (QED) is 0.631. The van der Waals surface area contributed by atoms with E-state index in [1.807, 2.05) is 54.5 Å². The second kappa shape index (κ2) is 24.6. The van der Waals surface area contributed by atoms with Crippen molar-refractivity contribution in [1.82, 2.24) is 0 Å². The zero-order chi connectivity index (χ0) is 14.9. The normalized spacial score (nSPS) is 9.82. The Labute approximate surface area is 111 Å². The number of allylic oxidation sites excluding steroid dienone is 2. The summed E-state index contributed by atoms with van der Waals surface area (Å²) in [6, 6.07) is 0.205. The lowest BCUT2D eigenvalue weighted by atomic mass is 10.0. The van der Waals surface area contributed by atoms with Gasteiger partial charge in [0.15, 0.2) is 0 Å². The molecule has 0 amide bonds. The van der Waals surface area contributed by atoms with Crippen LogP contribution in [-0.2, 0) is 0 Å². The molecule has 1 nitrogen and oxygen atoms in total. The summed E-state index contributed by atoms with van der Waals surface area (Å²) >= 11 is 0. The third-order valence-electron chi connectivity index (χ3n) is 1.76. The Balaban J connectivity index is -0.000000121. The molecule has 0 aromatic carbocycles. The molecule has 0 saturated carbocycles. The fourth-order valence-corrected chi connectivity index (χ4v) is 1.06.